The maximum atomic E-state index is 12.2. The first-order chi connectivity index (χ1) is 10.5. The van der Waals surface area contributed by atoms with Gasteiger partial charge in [-0.3, -0.25) is 9.59 Å². The second-order valence-electron chi connectivity index (χ2n) is 6.25. The molecule has 1 heterocycles. The number of amides is 1. The van der Waals surface area contributed by atoms with Crippen LogP contribution in [0.4, 0.5) is 0 Å². The number of hydrogen-bond acceptors (Lipinski definition) is 3. The van der Waals surface area contributed by atoms with Crippen LogP contribution in [0.15, 0.2) is 18.2 Å². The molecule has 120 valence electrons. The molecule has 1 aliphatic heterocycles. The predicted molar refractivity (Wildman–Crippen MR) is 85.9 cm³/mol. The van der Waals surface area contributed by atoms with E-state index in [1.165, 1.54) is 0 Å². The number of likely N-dealkylation sites (tertiary alicyclic amines) is 1. The number of aliphatic hydroxyl groups excluding tert-OH is 1. The van der Waals surface area contributed by atoms with Gasteiger partial charge in [0.05, 0.1) is 0 Å². The molecule has 4 nitrogen and oxygen atoms in total. The van der Waals surface area contributed by atoms with E-state index in [-0.39, 0.29) is 37.1 Å². The van der Waals surface area contributed by atoms with E-state index in [2.05, 4.69) is 0 Å². The molecule has 22 heavy (non-hydrogen) atoms. The molecule has 2 rings (SSSR count). The molecule has 0 aliphatic carbocycles. The Labute approximate surface area is 132 Å². The first-order valence-corrected chi connectivity index (χ1v) is 8.00. The molecule has 1 aliphatic rings. The van der Waals surface area contributed by atoms with Crippen molar-refractivity contribution in [2.45, 2.75) is 39.5 Å². The first kappa shape index (κ1) is 16.7. The minimum atomic E-state index is 0.0205. The van der Waals surface area contributed by atoms with Crippen molar-refractivity contribution in [3.05, 3.63) is 34.9 Å². The SMILES string of the molecule is Cc1ccc(C(=O)CCC(=O)N2CCCC(CO)C2)cc1C. The van der Waals surface area contributed by atoms with Crippen molar-refractivity contribution in [3.63, 3.8) is 0 Å². The van der Waals surface area contributed by atoms with Crippen molar-refractivity contribution in [2.24, 2.45) is 5.92 Å². The summed E-state index contributed by atoms with van der Waals surface area (Å²) in [5.41, 5.74) is 2.94. The molecule has 1 aromatic carbocycles. The number of piperidine rings is 1. The zero-order valence-corrected chi connectivity index (χ0v) is 13.5. The van der Waals surface area contributed by atoms with Gasteiger partial charge in [-0.15, -0.1) is 0 Å². The summed E-state index contributed by atoms with van der Waals surface area (Å²) in [6.07, 6.45) is 2.41. The molecule has 0 bridgehead atoms. The van der Waals surface area contributed by atoms with E-state index < -0.39 is 0 Å². The third-order valence-corrected chi connectivity index (χ3v) is 4.52. The molecule has 1 saturated heterocycles. The van der Waals surface area contributed by atoms with Crippen LogP contribution in [0, 0.1) is 19.8 Å². The minimum Gasteiger partial charge on any atom is -0.396 e. The molecule has 1 N–H and O–H groups in total. The predicted octanol–water partition coefficient (Wildman–Crippen LogP) is 2.50. The Morgan fingerprint density at radius 3 is 2.68 bits per heavy atom. The van der Waals surface area contributed by atoms with E-state index in [0.717, 1.165) is 30.5 Å². The number of ketones is 1. The summed E-state index contributed by atoms with van der Waals surface area (Å²) in [5, 5.41) is 9.21. The van der Waals surface area contributed by atoms with E-state index in [9.17, 15) is 14.7 Å². The lowest BCUT2D eigenvalue weighted by Crippen LogP contribution is -2.41. The lowest BCUT2D eigenvalue weighted by molar-refractivity contribution is -0.133. The van der Waals surface area contributed by atoms with Gasteiger partial charge in [0.25, 0.3) is 0 Å². The fourth-order valence-corrected chi connectivity index (χ4v) is 2.88. The van der Waals surface area contributed by atoms with Crippen LogP contribution in [0.5, 0.6) is 0 Å². The lowest BCUT2D eigenvalue weighted by atomic mass is 9.98. The van der Waals surface area contributed by atoms with E-state index in [1.54, 1.807) is 4.90 Å². The number of hydrogen-bond donors (Lipinski definition) is 1. The number of aliphatic hydroxyl groups is 1. The molecule has 0 spiro atoms. The Bertz CT molecular complexity index is 553. The number of carbonyl (C=O) groups excluding carboxylic acids is 2. The maximum absolute atomic E-state index is 12.2. The van der Waals surface area contributed by atoms with Crippen molar-refractivity contribution >= 4 is 11.7 Å². The smallest absolute Gasteiger partial charge is 0.223 e. The Hall–Kier alpha value is -1.68. The quantitative estimate of drug-likeness (QED) is 0.850. The minimum absolute atomic E-state index is 0.0205. The number of nitrogens with zero attached hydrogens (tertiary/aromatic N) is 1. The topological polar surface area (TPSA) is 57.6 Å². The molecular weight excluding hydrogens is 278 g/mol. The fraction of sp³-hybridized carbons (Fsp3) is 0.556. The van der Waals surface area contributed by atoms with Gasteiger partial charge in [0, 0.05) is 38.1 Å². The summed E-state index contributed by atoms with van der Waals surface area (Å²) in [6, 6.07) is 5.67. The Morgan fingerprint density at radius 2 is 2.00 bits per heavy atom. The first-order valence-electron chi connectivity index (χ1n) is 8.00. The second-order valence-corrected chi connectivity index (χ2v) is 6.25. The van der Waals surface area contributed by atoms with Crippen molar-refractivity contribution in [1.82, 2.24) is 4.90 Å². The number of rotatable bonds is 5. The van der Waals surface area contributed by atoms with Gasteiger partial charge in [0.1, 0.15) is 0 Å². The summed E-state index contributed by atoms with van der Waals surface area (Å²) in [7, 11) is 0. The monoisotopic (exact) mass is 303 g/mol. The van der Waals surface area contributed by atoms with Crippen LogP contribution < -0.4 is 0 Å². The molecular formula is C18H25NO3. The molecule has 1 aromatic rings. The molecule has 0 radical (unpaired) electrons. The molecule has 4 heteroatoms. The van der Waals surface area contributed by atoms with Crippen molar-refractivity contribution in [2.75, 3.05) is 19.7 Å². The number of Topliss-reactive ketones (excluding diaryl/α,β-unsaturated/α-hetero) is 1. The van der Waals surface area contributed by atoms with Crippen molar-refractivity contribution < 1.29 is 14.7 Å². The van der Waals surface area contributed by atoms with Crippen LogP contribution in [0.3, 0.4) is 0 Å². The lowest BCUT2D eigenvalue weighted by Gasteiger charge is -2.31. The Morgan fingerprint density at radius 1 is 1.23 bits per heavy atom. The third kappa shape index (κ3) is 4.17. The van der Waals surface area contributed by atoms with Gasteiger partial charge in [-0.25, -0.2) is 0 Å². The van der Waals surface area contributed by atoms with E-state index in [0.29, 0.717) is 12.1 Å². The normalized spacial score (nSPS) is 18.3. The highest BCUT2D eigenvalue weighted by molar-refractivity contribution is 5.98. The van der Waals surface area contributed by atoms with E-state index in [4.69, 9.17) is 0 Å². The average Bonchev–Trinajstić information content (AvgIpc) is 2.54. The van der Waals surface area contributed by atoms with Gasteiger partial charge >= 0.3 is 0 Å². The Kier molecular flexibility index (Phi) is 5.72. The van der Waals surface area contributed by atoms with Gasteiger partial charge in [-0.05, 0) is 49.8 Å². The Balaban J connectivity index is 1.87. The fourth-order valence-electron chi connectivity index (χ4n) is 2.88. The molecule has 0 aromatic heterocycles. The standard InChI is InChI=1S/C18H25NO3/c1-13-5-6-16(10-14(13)2)17(21)7-8-18(22)19-9-3-4-15(11-19)12-20/h5-6,10,15,20H,3-4,7-9,11-12H2,1-2H3. The van der Waals surface area contributed by atoms with Gasteiger partial charge in [0.15, 0.2) is 5.78 Å². The second kappa shape index (κ2) is 7.54. The zero-order valence-electron chi connectivity index (χ0n) is 13.5. The summed E-state index contributed by atoms with van der Waals surface area (Å²) in [5.74, 6) is 0.232. The molecule has 1 unspecified atom stereocenters. The summed E-state index contributed by atoms with van der Waals surface area (Å²) in [6.45, 7) is 5.49. The highest BCUT2D eigenvalue weighted by Gasteiger charge is 2.23. The van der Waals surface area contributed by atoms with Gasteiger partial charge in [-0.1, -0.05) is 12.1 Å². The number of aryl methyl sites for hydroxylation is 2. The van der Waals surface area contributed by atoms with E-state index in [1.807, 2.05) is 32.0 Å². The summed E-state index contributed by atoms with van der Waals surface area (Å²) < 4.78 is 0. The number of carbonyl (C=O) groups is 2. The van der Waals surface area contributed by atoms with Gasteiger partial charge in [0.2, 0.25) is 5.91 Å². The third-order valence-electron chi connectivity index (χ3n) is 4.52. The highest BCUT2D eigenvalue weighted by Crippen LogP contribution is 2.18. The molecule has 1 amide bonds. The van der Waals surface area contributed by atoms with Crippen LogP contribution in [0.1, 0.15) is 47.2 Å². The highest BCUT2D eigenvalue weighted by atomic mass is 16.3. The van der Waals surface area contributed by atoms with Crippen LogP contribution in [0.25, 0.3) is 0 Å². The molecule has 0 saturated carbocycles. The van der Waals surface area contributed by atoms with Crippen molar-refractivity contribution in [1.29, 1.82) is 0 Å². The largest absolute Gasteiger partial charge is 0.396 e. The molecule has 1 fully saturated rings. The average molecular weight is 303 g/mol. The van der Waals surface area contributed by atoms with Crippen molar-refractivity contribution in [3.8, 4) is 0 Å². The van der Waals surface area contributed by atoms with E-state index >= 15 is 0 Å². The van der Waals surface area contributed by atoms with Crippen LogP contribution >= 0.6 is 0 Å². The van der Waals surface area contributed by atoms with Crippen LogP contribution in [-0.4, -0.2) is 41.4 Å². The molecule has 1 atom stereocenters. The van der Waals surface area contributed by atoms with Crippen LogP contribution in [-0.2, 0) is 4.79 Å². The number of benzene rings is 1. The summed E-state index contributed by atoms with van der Waals surface area (Å²) >= 11 is 0. The van der Waals surface area contributed by atoms with Gasteiger partial charge in [-0.2, -0.15) is 0 Å². The zero-order chi connectivity index (χ0) is 16.1. The maximum Gasteiger partial charge on any atom is 0.223 e. The van der Waals surface area contributed by atoms with Gasteiger partial charge < -0.3 is 10.0 Å². The summed E-state index contributed by atoms with van der Waals surface area (Å²) in [4.78, 5) is 26.2. The van der Waals surface area contributed by atoms with Crippen LogP contribution in [0.2, 0.25) is 0 Å².